The first-order valence-corrected chi connectivity index (χ1v) is 9.15. The van der Waals surface area contributed by atoms with Gasteiger partial charge in [0.2, 0.25) is 0 Å². The molecule has 1 heterocycles. The first-order valence-electron chi connectivity index (χ1n) is 4.85. The third kappa shape index (κ3) is 1.95. The number of rotatable bonds is 2. The Morgan fingerprint density at radius 1 is 1.45 bits per heavy atom. The number of ether oxygens (including phenoxy) is 1. The summed E-state index contributed by atoms with van der Waals surface area (Å²) in [6.07, 6.45) is 4.07. The molecule has 1 saturated heterocycles. The zero-order chi connectivity index (χ0) is 8.32. The highest BCUT2D eigenvalue weighted by Crippen LogP contribution is 2.30. The predicted octanol–water partition coefficient (Wildman–Crippen LogP) is 0.735. The third-order valence-corrected chi connectivity index (χ3v) is 8.02. The van der Waals surface area contributed by atoms with Crippen molar-refractivity contribution in [2.75, 3.05) is 6.61 Å². The second kappa shape index (κ2) is 3.87. The highest BCUT2D eigenvalue weighted by molar-refractivity contribution is 6.60. The van der Waals surface area contributed by atoms with Crippen molar-refractivity contribution >= 4 is 19.0 Å². The first kappa shape index (κ1) is 9.48. The Labute approximate surface area is 74.6 Å². The smallest absolute Gasteiger partial charge is 0.0691 e. The van der Waals surface area contributed by atoms with Crippen LogP contribution < -0.4 is 0 Å². The van der Waals surface area contributed by atoms with E-state index in [1.54, 1.807) is 0 Å². The van der Waals surface area contributed by atoms with Crippen LogP contribution in [0.4, 0.5) is 0 Å². The minimum Gasteiger partial charge on any atom is -0.379 e. The number of hydrogen-bond acceptors (Lipinski definition) is 1. The Morgan fingerprint density at radius 3 is 2.45 bits per heavy atom. The first-order chi connectivity index (χ1) is 5.21. The average molecular weight is 188 g/mol. The molecule has 0 amide bonds. The summed E-state index contributed by atoms with van der Waals surface area (Å²) in [4.78, 5) is 0. The van der Waals surface area contributed by atoms with Crippen molar-refractivity contribution in [3.05, 3.63) is 0 Å². The highest BCUT2D eigenvalue weighted by atomic mass is 28.3. The molecule has 0 bridgehead atoms. The summed E-state index contributed by atoms with van der Waals surface area (Å²) in [6, 6.07) is 1.37. The molecule has 66 valence electrons. The van der Waals surface area contributed by atoms with Gasteiger partial charge in [-0.3, -0.25) is 0 Å². The van der Waals surface area contributed by atoms with E-state index in [0.717, 1.165) is 6.61 Å². The van der Waals surface area contributed by atoms with Crippen LogP contribution in [0.3, 0.4) is 0 Å². The van der Waals surface area contributed by atoms with Crippen molar-refractivity contribution in [3.63, 3.8) is 0 Å². The molecule has 1 aliphatic heterocycles. The molecule has 1 rings (SSSR count). The maximum absolute atomic E-state index is 5.97. The fourth-order valence-corrected chi connectivity index (χ4v) is 7.07. The normalized spacial score (nSPS) is 33.0. The van der Waals surface area contributed by atoms with Crippen molar-refractivity contribution in [1.29, 1.82) is 0 Å². The van der Waals surface area contributed by atoms with Gasteiger partial charge in [-0.15, -0.1) is 0 Å². The van der Waals surface area contributed by atoms with Crippen molar-refractivity contribution in [2.24, 2.45) is 0 Å². The minimum absolute atomic E-state index is 0.421. The standard InChI is InChI=1S/C8H20OSi2/c1-11(2)8(7-10)5-3-4-6-9-8/h11H,3-7H2,1-2,10H3. The SMILES string of the molecule is C[SiH](C)C1(C[SiH3])CCCCO1. The monoisotopic (exact) mass is 188 g/mol. The quantitative estimate of drug-likeness (QED) is 0.581. The molecule has 0 radical (unpaired) electrons. The van der Waals surface area contributed by atoms with Gasteiger partial charge in [-0.1, -0.05) is 13.1 Å². The van der Waals surface area contributed by atoms with Gasteiger partial charge < -0.3 is 4.74 Å². The molecule has 0 aromatic heterocycles. The molecule has 1 atom stereocenters. The molecule has 0 aliphatic carbocycles. The molecular formula is C8H20OSi2. The Bertz CT molecular complexity index is 119. The Hall–Kier alpha value is 0.394. The lowest BCUT2D eigenvalue weighted by atomic mass is 10.1. The van der Waals surface area contributed by atoms with Crippen molar-refractivity contribution in [3.8, 4) is 0 Å². The average Bonchev–Trinajstić information content (AvgIpc) is 2.05. The maximum atomic E-state index is 5.97. The van der Waals surface area contributed by atoms with E-state index in [4.69, 9.17) is 4.74 Å². The third-order valence-electron chi connectivity index (χ3n) is 3.03. The van der Waals surface area contributed by atoms with Gasteiger partial charge in [-0.05, 0) is 25.3 Å². The number of hydrogen-bond donors (Lipinski definition) is 0. The fraction of sp³-hybridized carbons (Fsp3) is 1.00. The summed E-state index contributed by atoms with van der Waals surface area (Å²) in [6.45, 7) is 5.90. The Morgan fingerprint density at radius 2 is 2.18 bits per heavy atom. The molecule has 0 spiro atoms. The van der Waals surface area contributed by atoms with Gasteiger partial charge in [0.15, 0.2) is 0 Å². The second-order valence-electron chi connectivity index (χ2n) is 3.88. The van der Waals surface area contributed by atoms with Gasteiger partial charge in [0.05, 0.1) is 14.0 Å². The molecule has 11 heavy (non-hydrogen) atoms. The summed E-state index contributed by atoms with van der Waals surface area (Å²) < 4.78 is 5.97. The van der Waals surface area contributed by atoms with Crippen molar-refractivity contribution < 1.29 is 4.74 Å². The Kier molecular flexibility index (Phi) is 3.34. The molecule has 1 nitrogen and oxygen atoms in total. The molecule has 1 aliphatic rings. The van der Waals surface area contributed by atoms with Gasteiger partial charge in [0.1, 0.15) is 0 Å². The van der Waals surface area contributed by atoms with E-state index in [0.29, 0.717) is 5.22 Å². The van der Waals surface area contributed by atoms with Gasteiger partial charge in [0.25, 0.3) is 0 Å². The van der Waals surface area contributed by atoms with Crippen molar-refractivity contribution in [1.82, 2.24) is 0 Å². The zero-order valence-electron chi connectivity index (χ0n) is 8.02. The van der Waals surface area contributed by atoms with Crippen LogP contribution in [-0.4, -0.2) is 30.9 Å². The van der Waals surface area contributed by atoms with Gasteiger partial charge in [-0.25, -0.2) is 0 Å². The molecule has 0 saturated carbocycles. The van der Waals surface area contributed by atoms with Crippen LogP contribution in [0.15, 0.2) is 0 Å². The van der Waals surface area contributed by atoms with Crippen LogP contribution in [0.5, 0.6) is 0 Å². The maximum Gasteiger partial charge on any atom is 0.0691 e. The van der Waals surface area contributed by atoms with Gasteiger partial charge in [-0.2, -0.15) is 0 Å². The van der Waals surface area contributed by atoms with Crippen LogP contribution in [0, 0.1) is 0 Å². The molecule has 1 fully saturated rings. The van der Waals surface area contributed by atoms with E-state index < -0.39 is 8.80 Å². The van der Waals surface area contributed by atoms with E-state index in [9.17, 15) is 0 Å². The van der Waals surface area contributed by atoms with Crippen LogP contribution in [0.2, 0.25) is 19.1 Å². The summed E-state index contributed by atoms with van der Waals surface area (Å²) in [5.41, 5.74) is 0. The second-order valence-corrected chi connectivity index (χ2v) is 7.95. The summed E-state index contributed by atoms with van der Waals surface area (Å²) in [7, 11) is 0.736. The molecular weight excluding hydrogens is 168 g/mol. The van der Waals surface area contributed by atoms with Crippen molar-refractivity contribution in [2.45, 2.75) is 43.6 Å². The van der Waals surface area contributed by atoms with E-state index >= 15 is 0 Å². The van der Waals surface area contributed by atoms with E-state index in [1.165, 1.54) is 35.5 Å². The van der Waals surface area contributed by atoms with Crippen LogP contribution >= 0.6 is 0 Å². The minimum atomic E-state index is -0.575. The summed E-state index contributed by atoms with van der Waals surface area (Å²) in [5.74, 6) is 0. The molecule has 1 unspecified atom stereocenters. The molecule has 3 heteroatoms. The van der Waals surface area contributed by atoms with Crippen LogP contribution in [0.1, 0.15) is 19.3 Å². The van der Waals surface area contributed by atoms with E-state index in [1.807, 2.05) is 0 Å². The Balaban J connectivity index is 2.57. The topological polar surface area (TPSA) is 9.23 Å². The summed E-state index contributed by atoms with van der Waals surface area (Å²) in [5, 5.41) is 0.421. The van der Waals surface area contributed by atoms with E-state index in [2.05, 4.69) is 13.1 Å². The fourth-order valence-electron chi connectivity index (χ4n) is 2.02. The predicted molar refractivity (Wildman–Crippen MR) is 56.2 cm³/mol. The lowest BCUT2D eigenvalue weighted by molar-refractivity contribution is -0.00902. The van der Waals surface area contributed by atoms with Crippen LogP contribution in [0.25, 0.3) is 0 Å². The molecule has 0 N–H and O–H groups in total. The molecule has 0 aromatic rings. The lowest BCUT2D eigenvalue weighted by Crippen LogP contribution is -2.46. The largest absolute Gasteiger partial charge is 0.379 e. The lowest BCUT2D eigenvalue weighted by Gasteiger charge is -2.39. The van der Waals surface area contributed by atoms with Gasteiger partial charge in [0, 0.05) is 16.8 Å². The summed E-state index contributed by atoms with van der Waals surface area (Å²) >= 11 is 0. The van der Waals surface area contributed by atoms with Crippen LogP contribution in [-0.2, 0) is 4.74 Å². The van der Waals surface area contributed by atoms with Gasteiger partial charge >= 0.3 is 0 Å². The zero-order valence-corrected chi connectivity index (χ0v) is 11.2. The highest BCUT2D eigenvalue weighted by Gasteiger charge is 2.34. The van der Waals surface area contributed by atoms with E-state index in [-0.39, 0.29) is 0 Å². The molecule has 0 aromatic carbocycles.